The highest BCUT2D eigenvalue weighted by Crippen LogP contribution is 2.19. The van der Waals surface area contributed by atoms with Crippen LogP contribution in [0.1, 0.15) is 54.4 Å². The lowest BCUT2D eigenvalue weighted by molar-refractivity contribution is -0.121. The molecule has 0 aliphatic rings. The fourth-order valence-corrected chi connectivity index (χ4v) is 4.12. The molecule has 4 aromatic carbocycles. The highest BCUT2D eigenvalue weighted by atomic mass is 16.5. The van der Waals surface area contributed by atoms with E-state index in [-0.39, 0.29) is 11.8 Å². The first kappa shape index (κ1) is 30.7. The second-order valence-electron chi connectivity index (χ2n) is 9.77. The van der Waals surface area contributed by atoms with E-state index in [4.69, 9.17) is 9.47 Å². The molecule has 0 saturated heterocycles. The maximum absolute atomic E-state index is 12.2. The van der Waals surface area contributed by atoms with E-state index >= 15 is 0 Å². The molecule has 4 rings (SSSR count). The first-order valence-corrected chi connectivity index (χ1v) is 14.3. The van der Waals surface area contributed by atoms with Crippen molar-refractivity contribution in [3.05, 3.63) is 131 Å². The van der Waals surface area contributed by atoms with Crippen molar-refractivity contribution < 1.29 is 19.1 Å². The van der Waals surface area contributed by atoms with Gasteiger partial charge in [-0.1, -0.05) is 91.3 Å². The molecule has 43 heavy (non-hydrogen) atoms. The highest BCUT2D eigenvalue weighted by molar-refractivity contribution is 5.86. The Morgan fingerprint density at radius 3 is 1.37 bits per heavy atom. The predicted octanol–water partition coefficient (Wildman–Crippen LogP) is 6.40. The summed E-state index contributed by atoms with van der Waals surface area (Å²) in [6.07, 6.45) is 5.85. The molecule has 0 spiro atoms. The second-order valence-corrected chi connectivity index (χ2v) is 9.77. The number of carbonyl (C=O) groups is 2. The summed E-state index contributed by atoms with van der Waals surface area (Å²) in [6, 6.07) is 34.9. The van der Waals surface area contributed by atoms with Crippen LogP contribution in [0.5, 0.6) is 11.5 Å². The standard InChI is InChI=1S/C35H36N4O4/c40-34(38-36-24-30-18-10-12-20-32(30)42-26-28-14-4-1-5-15-28)22-8-3-9-23-35(41)39-37-25-31-19-11-13-21-33(31)43-27-29-16-6-2-7-17-29/h1-2,4-7,10-21,24-25H,3,8-9,22-23,26-27H2,(H,38,40)(H,39,41)/b36-24+,37-25+. The molecule has 0 aromatic heterocycles. The van der Waals surface area contributed by atoms with Gasteiger partial charge in [-0.05, 0) is 48.2 Å². The number of nitrogens with zero attached hydrogens (tertiary/aromatic N) is 2. The summed E-state index contributed by atoms with van der Waals surface area (Å²) >= 11 is 0. The fourth-order valence-electron chi connectivity index (χ4n) is 4.12. The van der Waals surface area contributed by atoms with Crippen LogP contribution in [0.2, 0.25) is 0 Å². The maximum atomic E-state index is 12.2. The first-order valence-electron chi connectivity index (χ1n) is 14.3. The van der Waals surface area contributed by atoms with Gasteiger partial charge in [0.05, 0.1) is 12.4 Å². The van der Waals surface area contributed by atoms with Crippen molar-refractivity contribution in [1.29, 1.82) is 0 Å². The van der Waals surface area contributed by atoms with E-state index in [1.807, 2.05) is 109 Å². The number of ether oxygens (including phenoxy) is 2. The third-order valence-corrected chi connectivity index (χ3v) is 6.41. The zero-order chi connectivity index (χ0) is 30.0. The van der Waals surface area contributed by atoms with Gasteiger partial charge in [-0.2, -0.15) is 10.2 Å². The molecule has 0 aliphatic carbocycles. The SMILES string of the molecule is O=C(CCCCCC(=O)N/N=C/c1ccccc1OCc1ccccc1)N/N=C/c1ccccc1OCc1ccccc1. The van der Waals surface area contributed by atoms with Crippen molar-refractivity contribution in [3.63, 3.8) is 0 Å². The minimum atomic E-state index is -0.180. The van der Waals surface area contributed by atoms with Crippen molar-refractivity contribution in [2.45, 2.75) is 45.3 Å². The van der Waals surface area contributed by atoms with Gasteiger partial charge in [0, 0.05) is 24.0 Å². The zero-order valence-electron chi connectivity index (χ0n) is 24.0. The normalized spacial score (nSPS) is 11.0. The van der Waals surface area contributed by atoms with E-state index in [0.717, 1.165) is 28.7 Å². The van der Waals surface area contributed by atoms with Crippen molar-refractivity contribution in [3.8, 4) is 11.5 Å². The summed E-state index contributed by atoms with van der Waals surface area (Å²) in [7, 11) is 0. The van der Waals surface area contributed by atoms with Crippen LogP contribution in [0.4, 0.5) is 0 Å². The molecule has 8 nitrogen and oxygen atoms in total. The van der Waals surface area contributed by atoms with Crippen LogP contribution in [0.15, 0.2) is 119 Å². The largest absolute Gasteiger partial charge is 0.488 e. The van der Waals surface area contributed by atoms with Crippen LogP contribution >= 0.6 is 0 Å². The van der Waals surface area contributed by atoms with Crippen LogP contribution in [0, 0.1) is 0 Å². The van der Waals surface area contributed by atoms with Crippen LogP contribution in [-0.4, -0.2) is 24.2 Å². The van der Waals surface area contributed by atoms with Gasteiger partial charge in [-0.3, -0.25) is 9.59 Å². The Kier molecular flexibility index (Phi) is 12.5. The molecule has 0 atom stereocenters. The molecule has 0 radical (unpaired) electrons. The number of rotatable bonds is 16. The van der Waals surface area contributed by atoms with E-state index in [9.17, 15) is 9.59 Å². The Morgan fingerprint density at radius 1 is 0.535 bits per heavy atom. The second kappa shape index (κ2) is 17.5. The molecule has 8 heteroatoms. The Balaban J connectivity index is 1.10. The minimum Gasteiger partial charge on any atom is -0.488 e. The topological polar surface area (TPSA) is 101 Å². The average molecular weight is 577 g/mol. The Morgan fingerprint density at radius 2 is 0.930 bits per heavy atom. The van der Waals surface area contributed by atoms with Crippen LogP contribution in [-0.2, 0) is 22.8 Å². The van der Waals surface area contributed by atoms with Gasteiger partial charge in [-0.15, -0.1) is 0 Å². The molecule has 2 N–H and O–H groups in total. The van der Waals surface area contributed by atoms with E-state index < -0.39 is 0 Å². The summed E-state index contributed by atoms with van der Waals surface area (Å²) in [5.74, 6) is 1.02. The molecule has 0 heterocycles. The molecule has 0 saturated carbocycles. The number of unbranched alkanes of at least 4 members (excludes halogenated alkanes) is 2. The smallest absolute Gasteiger partial charge is 0.240 e. The van der Waals surface area contributed by atoms with Crippen LogP contribution in [0.25, 0.3) is 0 Å². The predicted molar refractivity (Wildman–Crippen MR) is 169 cm³/mol. The molecular weight excluding hydrogens is 540 g/mol. The number of hydrogen-bond donors (Lipinski definition) is 2. The van der Waals surface area contributed by atoms with Gasteiger partial charge in [0.25, 0.3) is 0 Å². The number of nitrogens with one attached hydrogen (secondary N) is 2. The lowest BCUT2D eigenvalue weighted by Crippen LogP contribution is -2.18. The van der Waals surface area contributed by atoms with E-state index in [1.165, 1.54) is 0 Å². The number of benzene rings is 4. The summed E-state index contributed by atoms with van der Waals surface area (Å²) < 4.78 is 11.8. The Hall–Kier alpha value is -5.24. The lowest BCUT2D eigenvalue weighted by atomic mass is 10.1. The van der Waals surface area contributed by atoms with Crippen molar-refractivity contribution >= 4 is 24.2 Å². The molecule has 0 aliphatic heterocycles. The molecular formula is C35H36N4O4. The van der Waals surface area contributed by atoms with Crippen LogP contribution < -0.4 is 20.3 Å². The molecule has 0 unspecified atom stereocenters. The number of para-hydroxylation sites is 2. The molecule has 4 aromatic rings. The maximum Gasteiger partial charge on any atom is 0.240 e. The lowest BCUT2D eigenvalue weighted by Gasteiger charge is -2.09. The van der Waals surface area contributed by atoms with E-state index in [1.54, 1.807) is 12.4 Å². The summed E-state index contributed by atoms with van der Waals surface area (Å²) in [5.41, 5.74) is 8.81. The number of hydrogen-bond acceptors (Lipinski definition) is 6. The number of carbonyl (C=O) groups excluding carboxylic acids is 2. The van der Waals surface area contributed by atoms with Gasteiger partial charge >= 0.3 is 0 Å². The van der Waals surface area contributed by atoms with E-state index in [2.05, 4.69) is 21.1 Å². The quantitative estimate of drug-likeness (QED) is 0.0916. The van der Waals surface area contributed by atoms with Gasteiger partial charge in [0.15, 0.2) is 0 Å². The summed E-state index contributed by atoms with van der Waals surface area (Å²) in [6.45, 7) is 0.890. The molecule has 0 fully saturated rings. The monoisotopic (exact) mass is 576 g/mol. The average Bonchev–Trinajstić information content (AvgIpc) is 3.04. The van der Waals surface area contributed by atoms with Crippen molar-refractivity contribution in [2.24, 2.45) is 10.2 Å². The summed E-state index contributed by atoms with van der Waals surface area (Å²) in [5, 5.41) is 8.17. The van der Waals surface area contributed by atoms with Gasteiger partial charge < -0.3 is 9.47 Å². The van der Waals surface area contributed by atoms with Gasteiger partial charge in [0.2, 0.25) is 11.8 Å². The highest BCUT2D eigenvalue weighted by Gasteiger charge is 2.05. The first-order chi connectivity index (χ1) is 21.2. The fraction of sp³-hybridized carbons (Fsp3) is 0.200. The Bertz CT molecular complexity index is 1380. The third kappa shape index (κ3) is 11.3. The van der Waals surface area contributed by atoms with Gasteiger partial charge in [0.1, 0.15) is 24.7 Å². The van der Waals surface area contributed by atoms with Gasteiger partial charge in [-0.25, -0.2) is 10.9 Å². The number of amides is 2. The molecule has 220 valence electrons. The van der Waals surface area contributed by atoms with E-state index in [0.29, 0.717) is 50.4 Å². The van der Waals surface area contributed by atoms with Crippen molar-refractivity contribution in [1.82, 2.24) is 10.9 Å². The van der Waals surface area contributed by atoms with Crippen LogP contribution in [0.3, 0.4) is 0 Å². The number of hydrazone groups is 2. The zero-order valence-corrected chi connectivity index (χ0v) is 24.0. The molecule has 2 amide bonds. The Labute approximate surface area is 252 Å². The molecule has 0 bridgehead atoms. The summed E-state index contributed by atoms with van der Waals surface area (Å²) in [4.78, 5) is 24.4. The minimum absolute atomic E-state index is 0.180. The third-order valence-electron chi connectivity index (χ3n) is 6.41. The van der Waals surface area contributed by atoms with Crippen molar-refractivity contribution in [2.75, 3.05) is 0 Å².